The van der Waals surface area contributed by atoms with Crippen molar-refractivity contribution in [3.05, 3.63) is 38.3 Å². The van der Waals surface area contributed by atoms with Gasteiger partial charge in [0.05, 0.1) is 21.7 Å². The third-order valence-electron chi connectivity index (χ3n) is 1.69. The maximum Gasteiger partial charge on any atom is 0.257 e. The van der Waals surface area contributed by atoms with Gasteiger partial charge < -0.3 is 5.32 Å². The summed E-state index contributed by atoms with van der Waals surface area (Å²) in [6.45, 7) is 0. The van der Waals surface area contributed by atoms with Crippen LogP contribution in [0.2, 0.25) is 5.15 Å². The summed E-state index contributed by atoms with van der Waals surface area (Å²) in [5, 5.41) is 4.65. The Kier molecular flexibility index (Phi) is 3.52. The number of carbonyl (C=O) groups excluding carboxylic acids is 1. The predicted molar refractivity (Wildman–Crippen MR) is 67.0 cm³/mol. The quantitative estimate of drug-likeness (QED) is 0.925. The zero-order valence-corrected chi connectivity index (χ0v) is 10.9. The van der Waals surface area contributed by atoms with E-state index in [0.29, 0.717) is 11.4 Å². The van der Waals surface area contributed by atoms with Crippen LogP contribution < -0.4 is 5.32 Å². The molecule has 0 spiro atoms. The average molecular weight is 319 g/mol. The Morgan fingerprint density at radius 1 is 1.44 bits per heavy atom. The topological polar surface area (TPSA) is 54.9 Å². The van der Waals surface area contributed by atoms with E-state index in [1.165, 1.54) is 23.7 Å². The molecule has 0 saturated carbocycles. The fraction of sp³-hybridized carbons (Fsp3) is 0. The SMILES string of the molecule is O=C(Nc1cnc(Cl)cn1)c1csc(Br)c1. The molecule has 0 atom stereocenters. The Morgan fingerprint density at radius 2 is 2.25 bits per heavy atom. The summed E-state index contributed by atoms with van der Waals surface area (Å²) in [5.41, 5.74) is 0.577. The Bertz CT molecular complexity index is 514. The first-order valence-electron chi connectivity index (χ1n) is 4.18. The van der Waals surface area contributed by atoms with Crippen LogP contribution in [-0.4, -0.2) is 15.9 Å². The highest BCUT2D eigenvalue weighted by molar-refractivity contribution is 9.11. The van der Waals surface area contributed by atoms with Gasteiger partial charge in [0.1, 0.15) is 5.15 Å². The van der Waals surface area contributed by atoms with Crippen LogP contribution in [0, 0.1) is 0 Å². The lowest BCUT2D eigenvalue weighted by Gasteiger charge is -2.01. The molecule has 4 nitrogen and oxygen atoms in total. The van der Waals surface area contributed by atoms with Crippen LogP contribution in [0.15, 0.2) is 27.6 Å². The molecule has 2 aromatic rings. The number of carbonyl (C=O) groups is 1. The monoisotopic (exact) mass is 317 g/mol. The number of amides is 1. The number of halogens is 2. The van der Waals surface area contributed by atoms with Crippen LogP contribution in [0.25, 0.3) is 0 Å². The second kappa shape index (κ2) is 4.90. The molecule has 0 unspecified atom stereocenters. The molecule has 16 heavy (non-hydrogen) atoms. The summed E-state index contributed by atoms with van der Waals surface area (Å²) in [6, 6.07) is 1.74. The highest BCUT2D eigenvalue weighted by atomic mass is 79.9. The van der Waals surface area contributed by atoms with Crippen molar-refractivity contribution >= 4 is 50.6 Å². The lowest BCUT2D eigenvalue weighted by molar-refractivity contribution is 0.102. The Hall–Kier alpha value is -0.980. The van der Waals surface area contributed by atoms with Crippen molar-refractivity contribution in [1.82, 2.24) is 9.97 Å². The number of aromatic nitrogens is 2. The number of anilines is 1. The molecular weight excluding hydrogens is 314 g/mol. The van der Waals surface area contributed by atoms with Gasteiger partial charge in [-0.05, 0) is 22.0 Å². The van der Waals surface area contributed by atoms with Crippen LogP contribution in [0.4, 0.5) is 5.82 Å². The summed E-state index contributed by atoms with van der Waals surface area (Å²) in [6.07, 6.45) is 2.78. The Morgan fingerprint density at radius 3 is 2.81 bits per heavy atom. The minimum atomic E-state index is -0.224. The molecule has 0 aliphatic heterocycles. The van der Waals surface area contributed by atoms with Crippen molar-refractivity contribution in [2.45, 2.75) is 0 Å². The number of hydrogen-bond acceptors (Lipinski definition) is 4. The van der Waals surface area contributed by atoms with E-state index in [0.717, 1.165) is 3.79 Å². The lowest BCUT2D eigenvalue weighted by atomic mass is 10.3. The average Bonchev–Trinajstić information content (AvgIpc) is 2.68. The number of nitrogens with zero attached hydrogens (tertiary/aromatic N) is 2. The van der Waals surface area contributed by atoms with Crippen LogP contribution in [0.5, 0.6) is 0 Å². The zero-order chi connectivity index (χ0) is 11.5. The molecule has 1 amide bonds. The van der Waals surface area contributed by atoms with Gasteiger partial charge in [0.15, 0.2) is 5.82 Å². The van der Waals surface area contributed by atoms with Gasteiger partial charge in [-0.25, -0.2) is 9.97 Å². The minimum absolute atomic E-state index is 0.224. The number of hydrogen-bond donors (Lipinski definition) is 1. The summed E-state index contributed by atoms with van der Waals surface area (Å²) in [5.74, 6) is 0.148. The number of rotatable bonds is 2. The lowest BCUT2D eigenvalue weighted by Crippen LogP contribution is -2.12. The summed E-state index contributed by atoms with van der Waals surface area (Å²) >= 11 is 10.3. The first-order chi connectivity index (χ1) is 7.65. The predicted octanol–water partition coefficient (Wildman–Crippen LogP) is 3.21. The van der Waals surface area contributed by atoms with Crippen molar-refractivity contribution in [2.75, 3.05) is 5.32 Å². The van der Waals surface area contributed by atoms with Gasteiger partial charge in [0.2, 0.25) is 0 Å². The molecule has 0 fully saturated rings. The van der Waals surface area contributed by atoms with Gasteiger partial charge in [-0.1, -0.05) is 11.6 Å². The van der Waals surface area contributed by atoms with E-state index in [4.69, 9.17) is 11.6 Å². The fourth-order valence-electron chi connectivity index (χ4n) is 0.994. The van der Waals surface area contributed by atoms with Crippen molar-refractivity contribution in [3.63, 3.8) is 0 Å². The van der Waals surface area contributed by atoms with Gasteiger partial charge in [-0.3, -0.25) is 4.79 Å². The van der Waals surface area contributed by atoms with Crippen LogP contribution in [0.1, 0.15) is 10.4 Å². The normalized spacial score (nSPS) is 10.1. The van der Waals surface area contributed by atoms with Crippen LogP contribution in [-0.2, 0) is 0 Å². The second-order valence-corrected chi connectivity index (χ2v) is 5.50. The number of thiophene rings is 1. The molecule has 2 aromatic heterocycles. The van der Waals surface area contributed by atoms with Gasteiger partial charge >= 0.3 is 0 Å². The van der Waals surface area contributed by atoms with Crippen molar-refractivity contribution in [1.29, 1.82) is 0 Å². The first kappa shape index (κ1) is 11.5. The molecule has 7 heteroatoms. The molecule has 2 rings (SSSR count). The van der Waals surface area contributed by atoms with Crippen LogP contribution in [0.3, 0.4) is 0 Å². The van der Waals surface area contributed by atoms with Gasteiger partial charge in [0, 0.05) is 5.38 Å². The van der Waals surface area contributed by atoms with Crippen molar-refractivity contribution in [3.8, 4) is 0 Å². The maximum atomic E-state index is 11.7. The minimum Gasteiger partial charge on any atom is -0.305 e. The first-order valence-corrected chi connectivity index (χ1v) is 6.23. The van der Waals surface area contributed by atoms with E-state index in [2.05, 4.69) is 31.2 Å². The molecule has 0 radical (unpaired) electrons. The summed E-state index contributed by atoms with van der Waals surface area (Å²) in [4.78, 5) is 19.4. The van der Waals surface area contributed by atoms with Crippen molar-refractivity contribution < 1.29 is 4.79 Å². The van der Waals surface area contributed by atoms with Gasteiger partial charge in [-0.2, -0.15) is 0 Å². The standard InChI is InChI=1S/C9H5BrClN3OS/c10-6-1-5(4-16-6)9(15)14-8-3-12-7(11)2-13-8/h1-4H,(H,13,14,15). The molecule has 0 aliphatic rings. The maximum absolute atomic E-state index is 11.7. The molecule has 0 bridgehead atoms. The Balaban J connectivity index is 2.10. The molecule has 0 aromatic carbocycles. The smallest absolute Gasteiger partial charge is 0.257 e. The fourth-order valence-corrected chi connectivity index (χ4v) is 2.23. The highest BCUT2D eigenvalue weighted by Crippen LogP contribution is 2.21. The van der Waals surface area contributed by atoms with E-state index in [1.54, 1.807) is 11.4 Å². The van der Waals surface area contributed by atoms with E-state index >= 15 is 0 Å². The van der Waals surface area contributed by atoms with E-state index in [-0.39, 0.29) is 11.1 Å². The third-order valence-corrected chi connectivity index (χ3v) is 3.39. The number of nitrogens with one attached hydrogen (secondary N) is 1. The molecule has 2 heterocycles. The van der Waals surface area contributed by atoms with Crippen molar-refractivity contribution in [2.24, 2.45) is 0 Å². The largest absolute Gasteiger partial charge is 0.305 e. The Labute approximate surface area is 109 Å². The molecule has 0 saturated heterocycles. The zero-order valence-electron chi connectivity index (χ0n) is 7.78. The molecule has 1 N–H and O–H groups in total. The van der Waals surface area contributed by atoms with E-state index in [1.807, 2.05) is 0 Å². The summed E-state index contributed by atoms with van der Waals surface area (Å²) in [7, 11) is 0. The van der Waals surface area contributed by atoms with E-state index in [9.17, 15) is 4.79 Å². The molecular formula is C9H5BrClN3OS. The molecule has 0 aliphatic carbocycles. The van der Waals surface area contributed by atoms with E-state index < -0.39 is 0 Å². The summed E-state index contributed by atoms with van der Waals surface area (Å²) < 4.78 is 0.903. The van der Waals surface area contributed by atoms with Crippen LogP contribution >= 0.6 is 38.9 Å². The highest BCUT2D eigenvalue weighted by Gasteiger charge is 2.08. The second-order valence-electron chi connectivity index (χ2n) is 2.82. The molecule has 82 valence electrons. The van der Waals surface area contributed by atoms with Gasteiger partial charge in [-0.15, -0.1) is 11.3 Å². The van der Waals surface area contributed by atoms with Gasteiger partial charge in [0.25, 0.3) is 5.91 Å². The third kappa shape index (κ3) is 2.78.